The summed E-state index contributed by atoms with van der Waals surface area (Å²) in [7, 11) is 0. The lowest BCUT2D eigenvalue weighted by atomic mass is 9.98. The topological polar surface area (TPSA) is 58.6 Å². The van der Waals surface area contributed by atoms with Crippen molar-refractivity contribution in [2.75, 3.05) is 19.7 Å². The van der Waals surface area contributed by atoms with Crippen LogP contribution in [0.5, 0.6) is 0 Å². The van der Waals surface area contributed by atoms with Gasteiger partial charge < -0.3 is 15.0 Å². The highest BCUT2D eigenvalue weighted by Crippen LogP contribution is 2.17. The van der Waals surface area contributed by atoms with Gasteiger partial charge in [-0.1, -0.05) is 44.2 Å². The van der Waals surface area contributed by atoms with Gasteiger partial charge in [0.05, 0.1) is 12.6 Å². The third-order valence-corrected chi connectivity index (χ3v) is 4.24. The molecule has 2 rings (SSSR count). The molecule has 0 bridgehead atoms. The summed E-state index contributed by atoms with van der Waals surface area (Å²) in [4.78, 5) is 27.0. The van der Waals surface area contributed by atoms with E-state index in [-0.39, 0.29) is 17.9 Å². The maximum Gasteiger partial charge on any atom is 0.329 e. The normalized spacial score (nSPS) is 19.4. The van der Waals surface area contributed by atoms with Gasteiger partial charge in [-0.15, -0.1) is 0 Å². The Morgan fingerprint density at radius 2 is 2.04 bits per heavy atom. The van der Waals surface area contributed by atoms with Crippen LogP contribution in [0.1, 0.15) is 32.8 Å². The molecule has 1 heterocycles. The Morgan fingerprint density at radius 3 is 2.67 bits per heavy atom. The van der Waals surface area contributed by atoms with Gasteiger partial charge >= 0.3 is 5.97 Å². The Bertz CT molecular complexity index is 545. The maximum absolute atomic E-state index is 12.9. The Balaban J connectivity index is 2.18. The van der Waals surface area contributed by atoms with Crippen molar-refractivity contribution in [2.45, 2.75) is 45.7 Å². The number of nitrogens with zero attached hydrogens (tertiary/aromatic N) is 1. The number of carbonyl (C=O) groups excluding carboxylic acids is 2. The van der Waals surface area contributed by atoms with Gasteiger partial charge in [0, 0.05) is 19.5 Å². The molecular weight excluding hydrogens is 304 g/mol. The molecule has 132 valence electrons. The zero-order valence-electron chi connectivity index (χ0n) is 14.8. The lowest BCUT2D eigenvalue weighted by molar-refractivity contribution is -0.157. The van der Waals surface area contributed by atoms with Crippen LogP contribution >= 0.6 is 0 Å². The molecule has 0 radical (unpaired) electrons. The quantitative estimate of drug-likeness (QED) is 0.776. The average Bonchev–Trinajstić information content (AvgIpc) is 2.56. The van der Waals surface area contributed by atoms with E-state index >= 15 is 0 Å². The van der Waals surface area contributed by atoms with Crippen LogP contribution in [-0.4, -0.2) is 48.6 Å². The van der Waals surface area contributed by atoms with E-state index in [1.807, 2.05) is 30.3 Å². The maximum atomic E-state index is 12.9. The number of rotatable bonds is 7. The highest BCUT2D eigenvalue weighted by atomic mass is 16.5. The first-order valence-electron chi connectivity index (χ1n) is 8.77. The lowest BCUT2D eigenvalue weighted by Crippen LogP contribution is -2.60. The molecule has 1 aromatic rings. The van der Waals surface area contributed by atoms with Crippen molar-refractivity contribution in [3.05, 3.63) is 35.9 Å². The van der Waals surface area contributed by atoms with E-state index in [2.05, 4.69) is 19.2 Å². The molecule has 1 aliphatic heterocycles. The van der Waals surface area contributed by atoms with Crippen LogP contribution in [0.3, 0.4) is 0 Å². The molecule has 5 nitrogen and oxygen atoms in total. The van der Waals surface area contributed by atoms with Gasteiger partial charge in [0.1, 0.15) is 6.04 Å². The Labute approximate surface area is 144 Å². The zero-order chi connectivity index (χ0) is 17.5. The second-order valence-electron chi connectivity index (χ2n) is 6.63. The number of amides is 1. The SMILES string of the molecule is CCOC(=O)[C@H](Cc1ccccc1)N1CCN[C@H](CC(C)C)C1=O. The number of benzene rings is 1. The lowest BCUT2D eigenvalue weighted by Gasteiger charge is -2.38. The molecule has 0 aromatic heterocycles. The predicted octanol–water partition coefficient (Wildman–Crippen LogP) is 2.01. The van der Waals surface area contributed by atoms with Gasteiger partial charge in [-0.05, 0) is 24.8 Å². The molecule has 1 fully saturated rings. The molecule has 1 aliphatic rings. The Morgan fingerprint density at radius 1 is 1.33 bits per heavy atom. The molecule has 1 amide bonds. The Hall–Kier alpha value is -1.88. The second-order valence-corrected chi connectivity index (χ2v) is 6.63. The van der Waals surface area contributed by atoms with E-state index in [0.29, 0.717) is 32.0 Å². The number of esters is 1. The van der Waals surface area contributed by atoms with Crippen LogP contribution in [0.25, 0.3) is 0 Å². The standard InChI is InChI=1S/C19H28N2O3/c1-4-24-19(23)17(13-15-8-6-5-7-9-15)21-11-10-20-16(18(21)22)12-14(2)3/h5-9,14,16-17,20H,4,10-13H2,1-3H3/t16-,17+/m1/s1. The van der Waals surface area contributed by atoms with Crippen molar-refractivity contribution in [1.82, 2.24) is 10.2 Å². The number of hydrogen-bond acceptors (Lipinski definition) is 4. The summed E-state index contributed by atoms with van der Waals surface area (Å²) < 4.78 is 5.24. The molecule has 0 aliphatic carbocycles. The van der Waals surface area contributed by atoms with Crippen LogP contribution in [0, 0.1) is 5.92 Å². The van der Waals surface area contributed by atoms with Gasteiger partial charge in [-0.2, -0.15) is 0 Å². The summed E-state index contributed by atoms with van der Waals surface area (Å²) >= 11 is 0. The molecule has 1 N–H and O–H groups in total. The fourth-order valence-corrected chi connectivity index (χ4v) is 3.12. The minimum Gasteiger partial charge on any atom is -0.464 e. The number of ether oxygens (including phenoxy) is 1. The molecule has 0 unspecified atom stereocenters. The first-order chi connectivity index (χ1) is 11.5. The van der Waals surface area contributed by atoms with Gasteiger partial charge in [0.2, 0.25) is 5.91 Å². The summed E-state index contributed by atoms with van der Waals surface area (Å²) in [6.07, 6.45) is 1.26. The molecule has 1 aromatic carbocycles. The minimum atomic E-state index is -0.559. The van der Waals surface area contributed by atoms with E-state index < -0.39 is 6.04 Å². The van der Waals surface area contributed by atoms with Crippen LogP contribution < -0.4 is 5.32 Å². The summed E-state index contributed by atoms with van der Waals surface area (Å²) in [6.45, 7) is 7.54. The number of piperazine rings is 1. The van der Waals surface area contributed by atoms with Crippen LogP contribution in [0.2, 0.25) is 0 Å². The van der Waals surface area contributed by atoms with Gasteiger partial charge in [-0.3, -0.25) is 4.79 Å². The average molecular weight is 332 g/mol. The van der Waals surface area contributed by atoms with Crippen LogP contribution in [-0.2, 0) is 20.7 Å². The van der Waals surface area contributed by atoms with Crippen LogP contribution in [0.15, 0.2) is 30.3 Å². The van der Waals surface area contributed by atoms with Crippen molar-refractivity contribution in [3.8, 4) is 0 Å². The van der Waals surface area contributed by atoms with E-state index in [4.69, 9.17) is 4.74 Å². The molecular formula is C19H28N2O3. The highest BCUT2D eigenvalue weighted by Gasteiger charge is 2.37. The number of carbonyl (C=O) groups is 2. The van der Waals surface area contributed by atoms with E-state index in [0.717, 1.165) is 12.0 Å². The molecule has 24 heavy (non-hydrogen) atoms. The largest absolute Gasteiger partial charge is 0.464 e. The van der Waals surface area contributed by atoms with E-state index in [9.17, 15) is 9.59 Å². The smallest absolute Gasteiger partial charge is 0.329 e. The summed E-state index contributed by atoms with van der Waals surface area (Å²) in [5.41, 5.74) is 1.03. The fraction of sp³-hybridized carbons (Fsp3) is 0.579. The Kier molecular flexibility index (Phi) is 6.79. The van der Waals surface area contributed by atoms with Crippen molar-refractivity contribution < 1.29 is 14.3 Å². The molecule has 1 saturated heterocycles. The number of nitrogens with one attached hydrogen (secondary N) is 1. The first-order valence-corrected chi connectivity index (χ1v) is 8.77. The summed E-state index contributed by atoms with van der Waals surface area (Å²) in [5, 5.41) is 3.28. The third kappa shape index (κ3) is 4.81. The fourth-order valence-electron chi connectivity index (χ4n) is 3.12. The highest BCUT2D eigenvalue weighted by molar-refractivity contribution is 5.88. The van der Waals surface area contributed by atoms with Gasteiger partial charge in [0.15, 0.2) is 0 Å². The van der Waals surface area contributed by atoms with Crippen molar-refractivity contribution >= 4 is 11.9 Å². The first kappa shape index (κ1) is 18.5. The zero-order valence-corrected chi connectivity index (χ0v) is 14.8. The van der Waals surface area contributed by atoms with Crippen molar-refractivity contribution in [3.63, 3.8) is 0 Å². The van der Waals surface area contributed by atoms with Gasteiger partial charge in [-0.25, -0.2) is 4.79 Å². The van der Waals surface area contributed by atoms with Crippen molar-refractivity contribution in [2.24, 2.45) is 5.92 Å². The van der Waals surface area contributed by atoms with Crippen molar-refractivity contribution in [1.29, 1.82) is 0 Å². The summed E-state index contributed by atoms with van der Waals surface area (Å²) in [5.74, 6) is 0.102. The molecule has 2 atom stereocenters. The van der Waals surface area contributed by atoms with E-state index in [1.165, 1.54) is 0 Å². The third-order valence-electron chi connectivity index (χ3n) is 4.24. The minimum absolute atomic E-state index is 0.00364. The predicted molar refractivity (Wildman–Crippen MR) is 93.5 cm³/mol. The second kappa shape index (κ2) is 8.83. The molecule has 5 heteroatoms. The van der Waals surface area contributed by atoms with Crippen LogP contribution in [0.4, 0.5) is 0 Å². The summed E-state index contributed by atoms with van der Waals surface area (Å²) in [6, 6.07) is 9.01. The van der Waals surface area contributed by atoms with Gasteiger partial charge in [0.25, 0.3) is 0 Å². The number of hydrogen-bond donors (Lipinski definition) is 1. The molecule has 0 spiro atoms. The molecule has 0 saturated carbocycles. The van der Waals surface area contributed by atoms with E-state index in [1.54, 1.807) is 11.8 Å². The monoisotopic (exact) mass is 332 g/mol.